The zero-order valence-electron chi connectivity index (χ0n) is 11.9. The molecule has 0 saturated carbocycles. The van der Waals surface area contributed by atoms with Crippen molar-refractivity contribution < 1.29 is 13.5 Å². The molecule has 0 aliphatic carbocycles. The topological polar surface area (TPSA) is 57.6 Å². The van der Waals surface area contributed by atoms with Gasteiger partial charge in [-0.3, -0.25) is 0 Å². The summed E-state index contributed by atoms with van der Waals surface area (Å²) in [5.74, 6) is 0.0653. The van der Waals surface area contributed by atoms with Crippen LogP contribution < -0.4 is 0 Å². The van der Waals surface area contributed by atoms with Crippen LogP contribution in [0.2, 0.25) is 0 Å². The van der Waals surface area contributed by atoms with E-state index >= 15 is 0 Å². The van der Waals surface area contributed by atoms with E-state index in [-0.39, 0.29) is 24.3 Å². The smallest absolute Gasteiger partial charge is 0.215 e. The summed E-state index contributed by atoms with van der Waals surface area (Å²) < 4.78 is 26.6. The molecule has 0 aromatic heterocycles. The van der Waals surface area contributed by atoms with Crippen LogP contribution in [-0.4, -0.2) is 42.8 Å². The number of hydrogen-bond donors (Lipinski definition) is 1. The molecule has 1 aromatic carbocycles. The van der Waals surface area contributed by atoms with Gasteiger partial charge in [-0.05, 0) is 24.3 Å². The van der Waals surface area contributed by atoms with E-state index in [1.807, 2.05) is 37.3 Å². The van der Waals surface area contributed by atoms with Gasteiger partial charge in [0.15, 0.2) is 0 Å². The lowest BCUT2D eigenvalue weighted by Gasteiger charge is -2.34. The van der Waals surface area contributed by atoms with Gasteiger partial charge in [-0.1, -0.05) is 43.7 Å². The third kappa shape index (κ3) is 3.59. The molecule has 1 heterocycles. The van der Waals surface area contributed by atoms with Crippen LogP contribution in [0.1, 0.15) is 37.7 Å². The standard InChI is InChI=1S/C15H23NO3S/c1-13(14-7-3-2-4-8-14)12-20(18,19)16-10-6-5-9-15(16)11-17/h2-4,7-8,13,15,17H,5-6,9-12H2,1H3. The number of sulfonamides is 1. The second kappa shape index (κ2) is 6.70. The van der Waals surface area contributed by atoms with E-state index in [4.69, 9.17) is 0 Å². The Balaban J connectivity index is 2.10. The molecule has 4 nitrogen and oxygen atoms in total. The summed E-state index contributed by atoms with van der Waals surface area (Å²) in [6, 6.07) is 9.46. The molecule has 1 N–H and O–H groups in total. The van der Waals surface area contributed by atoms with E-state index in [1.165, 1.54) is 4.31 Å². The fourth-order valence-corrected chi connectivity index (χ4v) is 4.86. The highest BCUT2D eigenvalue weighted by Crippen LogP contribution is 2.24. The molecule has 1 fully saturated rings. The van der Waals surface area contributed by atoms with Crippen LogP contribution in [0.5, 0.6) is 0 Å². The summed E-state index contributed by atoms with van der Waals surface area (Å²) >= 11 is 0. The number of piperidine rings is 1. The van der Waals surface area contributed by atoms with Crippen molar-refractivity contribution in [2.24, 2.45) is 0 Å². The molecule has 0 spiro atoms. The van der Waals surface area contributed by atoms with Gasteiger partial charge >= 0.3 is 0 Å². The Morgan fingerprint density at radius 1 is 1.30 bits per heavy atom. The largest absolute Gasteiger partial charge is 0.395 e. The summed E-state index contributed by atoms with van der Waals surface area (Å²) in [5, 5.41) is 9.37. The van der Waals surface area contributed by atoms with Gasteiger partial charge in [-0.25, -0.2) is 8.42 Å². The molecule has 1 aliphatic rings. The first-order chi connectivity index (χ1) is 9.54. The Morgan fingerprint density at radius 2 is 2.00 bits per heavy atom. The van der Waals surface area contributed by atoms with Gasteiger partial charge in [0.25, 0.3) is 0 Å². The lowest BCUT2D eigenvalue weighted by atomic mass is 10.0. The second-order valence-corrected chi connectivity index (χ2v) is 7.50. The summed E-state index contributed by atoms with van der Waals surface area (Å²) in [5.41, 5.74) is 1.04. The molecule has 0 amide bonds. The molecule has 2 rings (SSSR count). The fourth-order valence-electron chi connectivity index (χ4n) is 2.81. The number of benzene rings is 1. The Labute approximate surface area is 121 Å². The van der Waals surface area contributed by atoms with Gasteiger partial charge in [0.1, 0.15) is 0 Å². The molecule has 0 bridgehead atoms. The maximum atomic E-state index is 12.6. The van der Waals surface area contributed by atoms with E-state index in [0.29, 0.717) is 6.54 Å². The Morgan fingerprint density at radius 3 is 2.65 bits per heavy atom. The predicted octanol–water partition coefficient (Wildman–Crippen LogP) is 1.97. The number of aliphatic hydroxyl groups excluding tert-OH is 1. The van der Waals surface area contributed by atoms with Crippen molar-refractivity contribution in [1.29, 1.82) is 0 Å². The van der Waals surface area contributed by atoms with Crippen molar-refractivity contribution >= 4 is 10.0 Å². The van der Waals surface area contributed by atoms with Crippen LogP contribution in [0.3, 0.4) is 0 Å². The Bertz CT molecular complexity index is 515. The number of aliphatic hydroxyl groups is 1. The lowest BCUT2D eigenvalue weighted by molar-refractivity contribution is 0.155. The van der Waals surface area contributed by atoms with Crippen LogP contribution in [0.15, 0.2) is 30.3 Å². The average molecular weight is 297 g/mol. The number of nitrogens with zero attached hydrogens (tertiary/aromatic N) is 1. The molecule has 0 radical (unpaired) electrons. The highest BCUT2D eigenvalue weighted by Gasteiger charge is 2.32. The van der Waals surface area contributed by atoms with Crippen molar-refractivity contribution in [3.63, 3.8) is 0 Å². The summed E-state index contributed by atoms with van der Waals surface area (Å²) in [7, 11) is -3.32. The van der Waals surface area contributed by atoms with Crippen LogP contribution in [0.25, 0.3) is 0 Å². The third-order valence-electron chi connectivity index (χ3n) is 3.97. The Kier molecular flexibility index (Phi) is 5.18. The number of rotatable bonds is 5. The normalized spacial score (nSPS) is 22.6. The highest BCUT2D eigenvalue weighted by molar-refractivity contribution is 7.89. The monoisotopic (exact) mass is 297 g/mol. The van der Waals surface area contributed by atoms with E-state index in [0.717, 1.165) is 24.8 Å². The van der Waals surface area contributed by atoms with E-state index in [9.17, 15) is 13.5 Å². The minimum absolute atomic E-state index is 0.0394. The second-order valence-electron chi connectivity index (χ2n) is 5.53. The average Bonchev–Trinajstić information content (AvgIpc) is 2.47. The molecular weight excluding hydrogens is 274 g/mol. The molecule has 112 valence electrons. The molecular formula is C15H23NO3S. The predicted molar refractivity (Wildman–Crippen MR) is 80.1 cm³/mol. The van der Waals surface area contributed by atoms with E-state index in [2.05, 4.69) is 0 Å². The summed E-state index contributed by atoms with van der Waals surface area (Å²) in [6.07, 6.45) is 2.64. The van der Waals surface area contributed by atoms with Gasteiger partial charge in [0, 0.05) is 12.6 Å². The SMILES string of the molecule is CC(CS(=O)(=O)N1CCCCC1CO)c1ccccc1. The quantitative estimate of drug-likeness (QED) is 0.904. The first-order valence-corrected chi connectivity index (χ1v) is 8.81. The van der Waals surface area contributed by atoms with Gasteiger partial charge < -0.3 is 5.11 Å². The lowest BCUT2D eigenvalue weighted by Crippen LogP contribution is -2.47. The van der Waals surface area contributed by atoms with E-state index < -0.39 is 10.0 Å². The minimum Gasteiger partial charge on any atom is -0.395 e. The molecule has 5 heteroatoms. The van der Waals surface area contributed by atoms with Gasteiger partial charge in [0.05, 0.1) is 12.4 Å². The number of hydrogen-bond acceptors (Lipinski definition) is 3. The molecule has 20 heavy (non-hydrogen) atoms. The van der Waals surface area contributed by atoms with Crippen LogP contribution >= 0.6 is 0 Å². The highest BCUT2D eigenvalue weighted by atomic mass is 32.2. The van der Waals surface area contributed by atoms with Crippen molar-refractivity contribution in [2.75, 3.05) is 18.9 Å². The summed E-state index contributed by atoms with van der Waals surface area (Å²) in [4.78, 5) is 0. The maximum Gasteiger partial charge on any atom is 0.215 e. The van der Waals surface area contributed by atoms with Gasteiger partial charge in [-0.15, -0.1) is 0 Å². The minimum atomic E-state index is -3.32. The van der Waals surface area contributed by atoms with Crippen molar-refractivity contribution in [2.45, 2.75) is 38.1 Å². The maximum absolute atomic E-state index is 12.6. The molecule has 2 unspecified atom stereocenters. The van der Waals surface area contributed by atoms with Crippen molar-refractivity contribution in [3.05, 3.63) is 35.9 Å². The molecule has 2 atom stereocenters. The molecule has 1 saturated heterocycles. The summed E-state index contributed by atoms with van der Waals surface area (Å²) in [6.45, 7) is 2.39. The fraction of sp³-hybridized carbons (Fsp3) is 0.600. The van der Waals surface area contributed by atoms with Crippen LogP contribution in [-0.2, 0) is 10.0 Å². The zero-order chi connectivity index (χ0) is 14.6. The molecule has 1 aromatic rings. The van der Waals surface area contributed by atoms with Crippen molar-refractivity contribution in [1.82, 2.24) is 4.31 Å². The van der Waals surface area contributed by atoms with Gasteiger partial charge in [-0.2, -0.15) is 4.31 Å². The first kappa shape index (κ1) is 15.5. The molecule has 1 aliphatic heterocycles. The van der Waals surface area contributed by atoms with Crippen molar-refractivity contribution in [3.8, 4) is 0 Å². The van der Waals surface area contributed by atoms with Gasteiger partial charge in [0.2, 0.25) is 10.0 Å². The van der Waals surface area contributed by atoms with Crippen LogP contribution in [0.4, 0.5) is 0 Å². The third-order valence-corrected chi connectivity index (χ3v) is 6.09. The first-order valence-electron chi connectivity index (χ1n) is 7.20. The zero-order valence-corrected chi connectivity index (χ0v) is 12.7. The van der Waals surface area contributed by atoms with Crippen LogP contribution in [0, 0.1) is 0 Å². The Hall–Kier alpha value is -0.910. The van der Waals surface area contributed by atoms with E-state index in [1.54, 1.807) is 0 Å².